The van der Waals surface area contributed by atoms with E-state index in [4.69, 9.17) is 52.8 Å². The second-order valence-corrected chi connectivity index (χ2v) is 30.4. The van der Waals surface area contributed by atoms with Crippen LogP contribution in [0.5, 0.6) is 23.8 Å². The smallest absolute Gasteiger partial charge is 0.320 e. The van der Waals surface area contributed by atoms with Crippen LogP contribution in [0.15, 0.2) is 251 Å². The number of pyridine rings is 4. The van der Waals surface area contributed by atoms with E-state index in [9.17, 15) is 0 Å². The lowest BCUT2D eigenvalue weighted by molar-refractivity contribution is 0.122. The minimum Gasteiger partial charge on any atom is -0.490 e. The number of aryl methyl sites for hydroxylation is 4. The van der Waals surface area contributed by atoms with Crippen molar-refractivity contribution in [1.82, 2.24) is 59.8 Å². The number of rotatable bonds is 31. The average Bonchev–Trinajstić information content (AvgIpc) is 0.818. The van der Waals surface area contributed by atoms with Gasteiger partial charge >= 0.3 is 18.0 Å². The summed E-state index contributed by atoms with van der Waals surface area (Å²) in [5, 5.41) is 17.5. The summed E-state index contributed by atoms with van der Waals surface area (Å²) < 4.78 is 45.3. The summed E-state index contributed by atoms with van der Waals surface area (Å²) in [6.07, 6.45) is 16.2. The first-order valence-electron chi connectivity index (χ1n) is 43.4. The normalized spacial score (nSPS) is 13.9. The van der Waals surface area contributed by atoms with E-state index in [0.29, 0.717) is 158 Å². The first-order valence-corrected chi connectivity index (χ1v) is 43.4. The Morgan fingerprint density at radius 2 is 0.715 bits per heavy atom. The molecule has 4 saturated heterocycles. The first kappa shape index (κ1) is 91.4. The van der Waals surface area contributed by atoms with Crippen LogP contribution in [0.4, 0.5) is 46.5 Å². The third-order valence-electron chi connectivity index (χ3n) is 20.6. The molecule has 5 aromatic carbocycles. The highest BCUT2D eigenvalue weighted by Gasteiger charge is 2.26. The predicted molar refractivity (Wildman–Crippen MR) is 510 cm³/mol. The summed E-state index contributed by atoms with van der Waals surface area (Å²) in [7, 11) is 1.60. The van der Waals surface area contributed by atoms with Gasteiger partial charge in [0.15, 0.2) is 34.9 Å². The Labute approximate surface area is 757 Å². The van der Waals surface area contributed by atoms with E-state index >= 15 is 0 Å². The number of nitrogens with one attached hydrogen (secondary N) is 4. The van der Waals surface area contributed by atoms with Crippen molar-refractivity contribution in [1.29, 1.82) is 0 Å². The molecule has 668 valence electrons. The van der Waals surface area contributed by atoms with Gasteiger partial charge in [-0.2, -0.15) is 50.3 Å². The van der Waals surface area contributed by atoms with Crippen LogP contribution in [-0.2, 0) is 38.2 Å². The summed E-state index contributed by atoms with van der Waals surface area (Å²) in [5.41, 5.74) is 27.6. The number of methoxy groups -OCH3 is 1. The van der Waals surface area contributed by atoms with Crippen molar-refractivity contribution in [2.75, 3.05) is 173 Å². The largest absolute Gasteiger partial charge is 0.490 e. The molecule has 0 unspecified atom stereocenters. The molecule has 0 amide bonds. The standard InChI is InChI=1S/C27H26N6O.C24H28N6O3.C24H28N6O2.C23H26N6O2/c1-20-6-4-7-21(16-20)19-29-32-25-18-26(33-12-14-34-15-13-33)31-27(30-25)23-9-5-8-22(17-23)24-10-2-3-11-28-24;1-18-6-5-7-19(16-18)17-26-29-22-21(31-2)23(30-11-14-32-15-12-30)28-24(27-22)33-13-9-20-8-3-4-10-25-20;1-18-6-5-7-20(16-18)17-26-29-22-19(2)23(30-11-14-31-15-12-30)28-24(27-22)32-13-9-21-8-3-4-10-25-21;1-18-5-4-6-19(15-18)17-25-28-21-16-22(29-10-13-30-14-11-29)27-23(26-21)31-12-8-20-7-2-3-9-24-20/h2-11,16-19H,12-15H2,1H3,(H,30,31,32);3-8,10,16-17H,9,11-15H2,1-2H3,(H,27,28,29);3-8,10,16-17H,9,11-15H2,1-2H3,(H,27,28,29);2-7,9,15-17H,8,10-14H2,1H3,(H,26,27,28)/b29-19+;2*26-17+;25-17+. The Morgan fingerprint density at radius 1 is 0.338 bits per heavy atom. The number of morpholine rings is 4. The molecule has 4 N–H and O–H groups in total. The molecule has 0 saturated carbocycles. The van der Waals surface area contributed by atoms with Gasteiger partial charge in [0.1, 0.15) is 17.5 Å². The molecule has 32 nitrogen and oxygen atoms in total. The van der Waals surface area contributed by atoms with E-state index in [1.54, 1.807) is 56.8 Å². The molecule has 8 aromatic heterocycles. The maximum atomic E-state index is 5.91. The van der Waals surface area contributed by atoms with E-state index in [1.807, 2.05) is 178 Å². The van der Waals surface area contributed by atoms with Crippen molar-refractivity contribution in [2.45, 2.75) is 53.9 Å². The van der Waals surface area contributed by atoms with Gasteiger partial charge in [0, 0.05) is 142 Å². The molecule has 12 heterocycles. The van der Waals surface area contributed by atoms with Gasteiger partial charge in [0.25, 0.3) is 0 Å². The summed E-state index contributed by atoms with van der Waals surface area (Å²) in [5.74, 6) is 6.55. The summed E-state index contributed by atoms with van der Waals surface area (Å²) in [6.45, 7) is 22.9. The Bertz CT molecular complexity index is 5830. The van der Waals surface area contributed by atoms with Crippen LogP contribution in [0.1, 0.15) is 67.2 Å². The van der Waals surface area contributed by atoms with Crippen molar-refractivity contribution in [3.05, 3.63) is 298 Å². The molecule has 4 fully saturated rings. The molecular formula is C98H108N24O8. The molecule has 0 bridgehead atoms. The van der Waals surface area contributed by atoms with E-state index in [-0.39, 0.29) is 6.01 Å². The molecule has 13 aromatic rings. The van der Waals surface area contributed by atoms with Gasteiger partial charge in [-0.25, -0.2) is 9.97 Å². The lowest BCUT2D eigenvalue weighted by Gasteiger charge is -2.29. The molecular weight excluding hydrogens is 1640 g/mol. The predicted octanol–water partition coefficient (Wildman–Crippen LogP) is 14.4. The number of nitrogens with zero attached hydrogens (tertiary/aromatic N) is 20. The quantitative estimate of drug-likeness (QED) is 0.0232. The minimum atomic E-state index is 0.251. The van der Waals surface area contributed by atoms with Crippen LogP contribution in [-0.4, -0.2) is 217 Å². The Kier molecular flexibility index (Phi) is 34.3. The Balaban J connectivity index is 0.000000140. The lowest BCUT2D eigenvalue weighted by atomic mass is 10.1. The second-order valence-electron chi connectivity index (χ2n) is 30.4. The number of aromatic nitrogens is 12. The fourth-order valence-corrected chi connectivity index (χ4v) is 14.0. The van der Waals surface area contributed by atoms with Gasteiger partial charge in [0.2, 0.25) is 5.75 Å². The minimum absolute atomic E-state index is 0.251. The lowest BCUT2D eigenvalue weighted by Crippen LogP contribution is -2.37. The van der Waals surface area contributed by atoms with Crippen LogP contribution in [0.2, 0.25) is 0 Å². The van der Waals surface area contributed by atoms with Gasteiger partial charge in [-0.15, -0.1) is 0 Å². The fraction of sp³-hybridized carbons (Fsp3) is 0.286. The van der Waals surface area contributed by atoms with Crippen molar-refractivity contribution in [3.8, 4) is 46.4 Å². The molecule has 4 aliphatic heterocycles. The van der Waals surface area contributed by atoms with Gasteiger partial charge in [0.05, 0.1) is 110 Å². The summed E-state index contributed by atoms with van der Waals surface area (Å²) in [6, 6.07) is 68.8. The number of hydrazone groups is 4. The SMILES string of the molecule is COc1c(N/N=C/c2cccc(C)c2)nc(OCCc2ccccn2)nc1N1CCOCC1.Cc1cccc(/C=N/Nc2cc(N3CCOCC3)nc(-c3cccc(-c4ccccn4)c3)n2)c1.Cc1cccc(/C=N/Nc2cc(N3CCOCC3)nc(OCCc3ccccn3)n2)c1.Cc1cccc(/C=N/Nc2nc(OCCc3ccccn3)nc(N3CCOCC3)c2C)c1. The molecule has 4 aliphatic rings. The van der Waals surface area contributed by atoms with E-state index in [0.717, 1.165) is 124 Å². The molecule has 17 rings (SSSR count). The van der Waals surface area contributed by atoms with Crippen LogP contribution >= 0.6 is 0 Å². The highest BCUT2D eigenvalue weighted by molar-refractivity contribution is 5.83. The zero-order valence-electron chi connectivity index (χ0n) is 74.0. The molecule has 0 spiro atoms. The second kappa shape index (κ2) is 48.7. The molecule has 0 atom stereocenters. The van der Waals surface area contributed by atoms with Gasteiger partial charge in [-0.3, -0.25) is 41.6 Å². The fourth-order valence-electron chi connectivity index (χ4n) is 14.0. The summed E-state index contributed by atoms with van der Waals surface area (Å²) in [4.78, 5) is 63.3. The van der Waals surface area contributed by atoms with Gasteiger partial charge in [-0.05, 0) is 111 Å². The molecule has 32 heteroatoms. The highest BCUT2D eigenvalue weighted by Crippen LogP contribution is 2.36. The maximum absolute atomic E-state index is 5.91. The summed E-state index contributed by atoms with van der Waals surface area (Å²) >= 11 is 0. The van der Waals surface area contributed by atoms with Crippen LogP contribution in [0.25, 0.3) is 22.6 Å². The number of anilines is 8. The first-order chi connectivity index (χ1) is 63.9. The monoisotopic (exact) mass is 1750 g/mol. The van der Waals surface area contributed by atoms with Gasteiger partial charge in [-0.1, -0.05) is 162 Å². The van der Waals surface area contributed by atoms with Crippen LogP contribution in [0, 0.1) is 34.6 Å². The van der Waals surface area contributed by atoms with Gasteiger partial charge < -0.3 is 57.5 Å². The third-order valence-corrected chi connectivity index (χ3v) is 20.6. The third kappa shape index (κ3) is 28.6. The number of benzene rings is 5. The molecule has 0 aliphatic carbocycles. The Hall–Kier alpha value is -14.9. The molecule has 130 heavy (non-hydrogen) atoms. The highest BCUT2D eigenvalue weighted by atomic mass is 16.5. The van der Waals surface area contributed by atoms with Crippen molar-refractivity contribution >= 4 is 71.4 Å². The zero-order chi connectivity index (χ0) is 89.5. The zero-order valence-corrected chi connectivity index (χ0v) is 74.0. The average molecular weight is 1750 g/mol. The van der Waals surface area contributed by atoms with E-state index < -0.39 is 0 Å². The van der Waals surface area contributed by atoms with Crippen molar-refractivity contribution < 1.29 is 37.9 Å². The number of hydrogen-bond donors (Lipinski definition) is 4. The van der Waals surface area contributed by atoms with Crippen LogP contribution in [0.3, 0.4) is 0 Å². The number of hydrogen-bond acceptors (Lipinski definition) is 32. The Morgan fingerprint density at radius 3 is 1.15 bits per heavy atom. The maximum Gasteiger partial charge on any atom is 0.320 e. The number of ether oxygens (including phenoxy) is 8. The van der Waals surface area contributed by atoms with Crippen molar-refractivity contribution in [3.63, 3.8) is 0 Å². The molecule has 0 radical (unpaired) electrons. The van der Waals surface area contributed by atoms with Crippen molar-refractivity contribution in [2.24, 2.45) is 20.4 Å². The van der Waals surface area contributed by atoms with E-state index in [1.165, 1.54) is 16.7 Å². The topological polar surface area (TPSA) is 339 Å². The van der Waals surface area contributed by atoms with Crippen LogP contribution < -0.4 is 60.3 Å². The van der Waals surface area contributed by atoms with E-state index in [2.05, 4.69) is 170 Å².